The van der Waals surface area contributed by atoms with Crippen molar-refractivity contribution in [1.82, 2.24) is 15.0 Å². The van der Waals surface area contributed by atoms with E-state index in [1.54, 1.807) is 39.0 Å². The summed E-state index contributed by atoms with van der Waals surface area (Å²) in [7, 11) is 0. The Kier molecular flexibility index (Phi) is 8.25. The standard InChI is InChI=1S/C24H15Cl6N3O3/c1-10-4-13(25)7-16(28)19(10)34-22-31-23(35-20-11(2)5-14(26)8-17(20)29)33-24(32-22)36-21-12(3)6-15(27)9-18(21)30/h4-9H,1-3H3. The van der Waals surface area contributed by atoms with E-state index in [4.69, 9.17) is 83.8 Å². The largest absolute Gasteiger partial charge is 0.422 e. The minimum Gasteiger partial charge on any atom is -0.422 e. The molecular formula is C24H15Cl6N3O3. The zero-order chi connectivity index (χ0) is 26.1. The summed E-state index contributed by atoms with van der Waals surface area (Å²) in [5, 5.41) is 2.15. The van der Waals surface area contributed by atoms with Gasteiger partial charge in [0.15, 0.2) is 17.2 Å². The second-order valence-corrected chi connectivity index (χ2v) is 10.1. The second kappa shape index (κ2) is 11.1. The molecule has 0 saturated carbocycles. The quantitative estimate of drug-likeness (QED) is 0.218. The minimum atomic E-state index is -0.159. The van der Waals surface area contributed by atoms with Crippen molar-refractivity contribution in [1.29, 1.82) is 0 Å². The van der Waals surface area contributed by atoms with E-state index >= 15 is 0 Å². The zero-order valence-corrected chi connectivity index (χ0v) is 23.3. The summed E-state index contributed by atoms with van der Waals surface area (Å²) in [6, 6.07) is 9.19. The SMILES string of the molecule is Cc1cc(Cl)cc(Cl)c1Oc1nc(Oc2c(C)cc(Cl)cc2Cl)nc(Oc2c(C)cc(Cl)cc2Cl)n1. The van der Waals surface area contributed by atoms with E-state index in [9.17, 15) is 0 Å². The van der Waals surface area contributed by atoms with Crippen LogP contribution in [0.2, 0.25) is 30.1 Å². The van der Waals surface area contributed by atoms with Crippen molar-refractivity contribution in [3.8, 4) is 35.3 Å². The third-order valence-electron chi connectivity index (χ3n) is 4.74. The average molecular weight is 606 g/mol. The van der Waals surface area contributed by atoms with Crippen LogP contribution in [-0.2, 0) is 0 Å². The van der Waals surface area contributed by atoms with Gasteiger partial charge in [-0.25, -0.2) is 0 Å². The van der Waals surface area contributed by atoms with Crippen molar-refractivity contribution < 1.29 is 14.2 Å². The molecule has 3 aromatic carbocycles. The summed E-state index contributed by atoms with van der Waals surface area (Å²) in [5.41, 5.74) is 1.98. The van der Waals surface area contributed by atoms with Gasteiger partial charge in [-0.3, -0.25) is 0 Å². The summed E-state index contributed by atoms with van der Waals surface area (Å²) in [5.74, 6) is 0.890. The summed E-state index contributed by atoms with van der Waals surface area (Å²) in [6.07, 6.45) is 0. The first-order valence-corrected chi connectivity index (χ1v) is 12.4. The van der Waals surface area contributed by atoms with Crippen LogP contribution in [0.25, 0.3) is 0 Å². The summed E-state index contributed by atoms with van der Waals surface area (Å²) in [6.45, 7) is 5.32. The van der Waals surface area contributed by atoms with Gasteiger partial charge in [-0.05, 0) is 73.9 Å². The van der Waals surface area contributed by atoms with Crippen LogP contribution >= 0.6 is 69.6 Å². The first-order valence-electron chi connectivity index (χ1n) is 10.2. The lowest BCUT2D eigenvalue weighted by molar-refractivity contribution is 0.360. The van der Waals surface area contributed by atoms with Gasteiger partial charge < -0.3 is 14.2 Å². The maximum absolute atomic E-state index is 6.33. The Balaban J connectivity index is 1.79. The molecule has 12 heteroatoms. The number of hydrogen-bond donors (Lipinski definition) is 0. The Morgan fingerprint density at radius 2 is 0.694 bits per heavy atom. The van der Waals surface area contributed by atoms with E-state index in [2.05, 4.69) is 15.0 Å². The van der Waals surface area contributed by atoms with E-state index in [-0.39, 0.29) is 33.1 Å². The number of hydrogen-bond acceptors (Lipinski definition) is 6. The number of aryl methyl sites for hydroxylation is 3. The maximum atomic E-state index is 6.33. The van der Waals surface area contributed by atoms with Crippen LogP contribution in [0.4, 0.5) is 0 Å². The Morgan fingerprint density at radius 3 is 0.917 bits per heavy atom. The van der Waals surface area contributed by atoms with Crippen LogP contribution in [0, 0.1) is 20.8 Å². The fourth-order valence-corrected chi connectivity index (χ4v) is 5.09. The predicted octanol–water partition coefficient (Wildman–Crippen LogP) is 10.1. The van der Waals surface area contributed by atoms with Crippen LogP contribution in [0.5, 0.6) is 35.3 Å². The van der Waals surface area contributed by atoms with Gasteiger partial charge in [0.2, 0.25) is 0 Å². The van der Waals surface area contributed by atoms with Gasteiger partial charge >= 0.3 is 18.0 Å². The molecule has 6 nitrogen and oxygen atoms in total. The van der Waals surface area contributed by atoms with E-state index in [0.29, 0.717) is 49.0 Å². The number of ether oxygens (including phenoxy) is 3. The second-order valence-electron chi connectivity index (χ2n) is 7.59. The van der Waals surface area contributed by atoms with Crippen molar-refractivity contribution in [3.63, 3.8) is 0 Å². The molecule has 1 aromatic heterocycles. The number of rotatable bonds is 6. The lowest BCUT2D eigenvalue weighted by atomic mass is 10.2. The molecule has 36 heavy (non-hydrogen) atoms. The molecule has 0 aliphatic rings. The van der Waals surface area contributed by atoms with Crippen LogP contribution in [-0.4, -0.2) is 15.0 Å². The van der Waals surface area contributed by atoms with Crippen molar-refractivity contribution in [2.24, 2.45) is 0 Å². The molecule has 4 aromatic rings. The van der Waals surface area contributed by atoms with E-state index in [0.717, 1.165) is 0 Å². The highest BCUT2D eigenvalue weighted by atomic mass is 35.5. The molecule has 4 rings (SSSR count). The zero-order valence-electron chi connectivity index (χ0n) is 18.8. The normalized spacial score (nSPS) is 10.9. The predicted molar refractivity (Wildman–Crippen MR) is 144 cm³/mol. The highest BCUT2D eigenvalue weighted by molar-refractivity contribution is 6.36. The number of aromatic nitrogens is 3. The molecule has 0 atom stereocenters. The molecule has 0 unspecified atom stereocenters. The Hall–Kier alpha value is -2.19. The monoisotopic (exact) mass is 603 g/mol. The summed E-state index contributed by atoms with van der Waals surface area (Å²) in [4.78, 5) is 12.7. The van der Waals surface area contributed by atoms with Gasteiger partial charge in [-0.15, -0.1) is 15.0 Å². The van der Waals surface area contributed by atoms with E-state index in [1.807, 2.05) is 0 Å². The van der Waals surface area contributed by atoms with Gasteiger partial charge in [0.05, 0.1) is 15.1 Å². The fourth-order valence-electron chi connectivity index (χ4n) is 3.19. The van der Waals surface area contributed by atoms with Crippen molar-refractivity contribution in [3.05, 3.63) is 83.2 Å². The van der Waals surface area contributed by atoms with Gasteiger partial charge in [0.25, 0.3) is 0 Å². The van der Waals surface area contributed by atoms with Crippen LogP contribution in [0.1, 0.15) is 16.7 Å². The van der Waals surface area contributed by atoms with Crippen LogP contribution < -0.4 is 14.2 Å². The lowest BCUT2D eigenvalue weighted by Gasteiger charge is -2.14. The maximum Gasteiger partial charge on any atom is 0.331 e. The molecule has 0 bridgehead atoms. The molecule has 0 saturated heterocycles. The first-order chi connectivity index (χ1) is 17.0. The Bertz CT molecular complexity index is 1230. The first kappa shape index (κ1) is 26.9. The van der Waals surface area contributed by atoms with Gasteiger partial charge in [0.1, 0.15) is 0 Å². The molecule has 0 radical (unpaired) electrons. The van der Waals surface area contributed by atoms with E-state index in [1.165, 1.54) is 18.2 Å². The summed E-state index contributed by atoms with van der Waals surface area (Å²) >= 11 is 37.2. The molecule has 0 fully saturated rings. The highest BCUT2D eigenvalue weighted by Crippen LogP contribution is 2.39. The topological polar surface area (TPSA) is 66.4 Å². The molecule has 0 N–H and O–H groups in total. The Labute approximate surface area is 237 Å². The fraction of sp³-hybridized carbons (Fsp3) is 0.125. The van der Waals surface area contributed by atoms with Crippen LogP contribution in [0.15, 0.2) is 36.4 Å². The van der Waals surface area contributed by atoms with Gasteiger partial charge in [0, 0.05) is 15.1 Å². The third kappa shape index (κ3) is 6.20. The highest BCUT2D eigenvalue weighted by Gasteiger charge is 2.19. The number of nitrogens with zero attached hydrogens (tertiary/aromatic N) is 3. The molecule has 1 heterocycles. The van der Waals surface area contributed by atoms with Gasteiger partial charge in [-0.2, -0.15) is 0 Å². The number of benzene rings is 3. The molecule has 186 valence electrons. The average Bonchev–Trinajstić information content (AvgIpc) is 2.76. The smallest absolute Gasteiger partial charge is 0.331 e. The van der Waals surface area contributed by atoms with Gasteiger partial charge in [-0.1, -0.05) is 69.6 Å². The van der Waals surface area contributed by atoms with Crippen molar-refractivity contribution in [2.45, 2.75) is 20.8 Å². The van der Waals surface area contributed by atoms with Crippen LogP contribution in [0.3, 0.4) is 0 Å². The minimum absolute atomic E-state index is 0.159. The third-order valence-corrected chi connectivity index (χ3v) is 6.23. The molecule has 0 aliphatic carbocycles. The molecule has 0 amide bonds. The molecular weight excluding hydrogens is 591 g/mol. The summed E-state index contributed by atoms with van der Waals surface area (Å²) < 4.78 is 17.7. The van der Waals surface area contributed by atoms with Crippen molar-refractivity contribution in [2.75, 3.05) is 0 Å². The number of halogens is 6. The van der Waals surface area contributed by atoms with Crippen molar-refractivity contribution >= 4 is 69.6 Å². The molecule has 0 aliphatic heterocycles. The lowest BCUT2D eigenvalue weighted by Crippen LogP contribution is -2.03. The van der Waals surface area contributed by atoms with E-state index < -0.39 is 0 Å². The molecule has 0 spiro atoms. The Morgan fingerprint density at radius 1 is 0.444 bits per heavy atom.